The minimum atomic E-state index is -3.83. The summed E-state index contributed by atoms with van der Waals surface area (Å²) in [6.07, 6.45) is -2.91. The van der Waals surface area contributed by atoms with Crippen LogP contribution in [0.5, 0.6) is 5.75 Å². The molecule has 0 aromatic heterocycles. The molecule has 0 saturated heterocycles. The lowest BCUT2D eigenvalue weighted by Gasteiger charge is -2.29. The highest BCUT2D eigenvalue weighted by molar-refractivity contribution is 7.87. The number of halogens is 2. The van der Waals surface area contributed by atoms with Crippen LogP contribution in [-0.4, -0.2) is 49.2 Å². The molecule has 0 radical (unpaired) electrons. The fourth-order valence-corrected chi connectivity index (χ4v) is 4.51. The largest absolute Gasteiger partial charge is 0.465 e. The molecule has 8 nitrogen and oxygen atoms in total. The first kappa shape index (κ1) is 21.9. The lowest BCUT2D eigenvalue weighted by Crippen LogP contribution is -2.49. The van der Waals surface area contributed by atoms with Crippen molar-refractivity contribution in [1.82, 2.24) is 10.6 Å². The highest BCUT2D eigenvalue weighted by Crippen LogP contribution is 2.32. The second-order valence-corrected chi connectivity index (χ2v) is 8.53. The molecule has 0 fully saturated rings. The van der Waals surface area contributed by atoms with E-state index in [4.69, 9.17) is 9.29 Å². The molecule has 0 bridgehead atoms. The maximum Gasteiger partial charge on any atom is 0.404 e. The topological polar surface area (TPSA) is 125 Å². The van der Waals surface area contributed by atoms with Crippen LogP contribution in [0.1, 0.15) is 17.2 Å². The molecule has 3 rings (SSSR count). The van der Waals surface area contributed by atoms with E-state index in [1.54, 1.807) is 18.2 Å². The van der Waals surface area contributed by atoms with Gasteiger partial charge in [-0.25, -0.2) is 13.6 Å². The molecular weight excluding hydrogens is 422 g/mol. The number of hydrogen-bond donors (Lipinski definition) is 4. The van der Waals surface area contributed by atoms with Gasteiger partial charge in [-0.3, -0.25) is 0 Å². The van der Waals surface area contributed by atoms with Crippen LogP contribution in [-0.2, 0) is 16.5 Å². The Morgan fingerprint density at radius 1 is 1.20 bits per heavy atom. The number of fused-ring (bicyclic) bond motifs is 1. The first-order chi connectivity index (χ1) is 14.1. The molecule has 1 aliphatic heterocycles. The quantitative estimate of drug-likeness (QED) is 0.480. The SMILES string of the molecule is O=C(O)N[C@@H](Cc1cc(F)cc(F)c1)[C@H](O)CNC1CS(=O)(=O)Oc2ccccc21. The number of amides is 1. The van der Waals surface area contributed by atoms with Gasteiger partial charge in [0.25, 0.3) is 0 Å². The van der Waals surface area contributed by atoms with Crippen molar-refractivity contribution < 1.29 is 36.4 Å². The Kier molecular flexibility index (Phi) is 6.54. The highest BCUT2D eigenvalue weighted by atomic mass is 32.2. The zero-order valence-corrected chi connectivity index (χ0v) is 16.4. The number of benzene rings is 2. The molecule has 4 N–H and O–H groups in total. The van der Waals surface area contributed by atoms with E-state index in [1.165, 1.54) is 6.07 Å². The standard InChI is InChI=1S/C19H20F2N2O6S/c20-12-5-11(6-13(21)8-12)7-15(23-19(25)26)17(24)9-22-16-10-30(27,28)29-18-4-2-1-3-14(16)18/h1-6,8,15-17,22-24H,7,9-10H2,(H,25,26)/t15-,16?,17+/m0/s1. The van der Waals surface area contributed by atoms with Crippen molar-refractivity contribution in [3.05, 3.63) is 65.2 Å². The molecule has 1 aliphatic rings. The van der Waals surface area contributed by atoms with Gasteiger partial charge in [0.15, 0.2) is 0 Å². The van der Waals surface area contributed by atoms with Crippen LogP contribution in [0.2, 0.25) is 0 Å². The lowest BCUT2D eigenvalue weighted by atomic mass is 10.00. The Morgan fingerprint density at radius 3 is 2.53 bits per heavy atom. The summed E-state index contributed by atoms with van der Waals surface area (Å²) in [4.78, 5) is 11.1. The van der Waals surface area contributed by atoms with Crippen molar-refractivity contribution in [2.75, 3.05) is 12.3 Å². The molecule has 11 heteroatoms. The van der Waals surface area contributed by atoms with Gasteiger partial charge in [0, 0.05) is 18.2 Å². The van der Waals surface area contributed by atoms with E-state index < -0.39 is 46.0 Å². The van der Waals surface area contributed by atoms with Gasteiger partial charge < -0.3 is 25.0 Å². The van der Waals surface area contributed by atoms with E-state index in [0.29, 0.717) is 11.6 Å². The zero-order chi connectivity index (χ0) is 21.9. The Hall–Kier alpha value is -2.76. The Bertz CT molecular complexity index is 1010. The summed E-state index contributed by atoms with van der Waals surface area (Å²) >= 11 is 0. The number of carbonyl (C=O) groups is 1. The summed E-state index contributed by atoms with van der Waals surface area (Å²) in [5, 5.41) is 24.6. The summed E-state index contributed by atoms with van der Waals surface area (Å²) in [5.41, 5.74) is 0.735. The minimum absolute atomic E-state index is 0.157. The van der Waals surface area contributed by atoms with Gasteiger partial charge in [-0.15, -0.1) is 0 Å². The fraction of sp³-hybridized carbons (Fsp3) is 0.316. The van der Waals surface area contributed by atoms with Crippen molar-refractivity contribution in [3.63, 3.8) is 0 Å². The summed E-state index contributed by atoms with van der Waals surface area (Å²) < 4.78 is 55.8. The molecule has 0 spiro atoms. The zero-order valence-electron chi connectivity index (χ0n) is 15.6. The predicted molar refractivity (Wildman–Crippen MR) is 103 cm³/mol. The normalized spacial score (nSPS) is 19.2. The molecule has 2 aromatic rings. The van der Waals surface area contributed by atoms with E-state index in [0.717, 1.165) is 12.1 Å². The van der Waals surface area contributed by atoms with Crippen molar-refractivity contribution in [2.24, 2.45) is 0 Å². The first-order valence-electron chi connectivity index (χ1n) is 9.00. The number of hydrogen-bond acceptors (Lipinski definition) is 6. The van der Waals surface area contributed by atoms with Crippen LogP contribution in [0.3, 0.4) is 0 Å². The molecule has 1 heterocycles. The molecule has 1 amide bonds. The van der Waals surface area contributed by atoms with E-state index in [9.17, 15) is 27.1 Å². The summed E-state index contributed by atoms with van der Waals surface area (Å²) in [6, 6.07) is 7.50. The van der Waals surface area contributed by atoms with Gasteiger partial charge in [-0.05, 0) is 30.2 Å². The maximum absolute atomic E-state index is 13.4. The van der Waals surface area contributed by atoms with Crippen molar-refractivity contribution in [1.29, 1.82) is 0 Å². The number of aliphatic hydroxyl groups is 1. The molecule has 162 valence electrons. The number of para-hydroxylation sites is 1. The molecule has 3 atom stereocenters. The van der Waals surface area contributed by atoms with Gasteiger partial charge >= 0.3 is 16.2 Å². The van der Waals surface area contributed by atoms with Crippen molar-refractivity contribution >= 4 is 16.2 Å². The fourth-order valence-electron chi connectivity index (χ4n) is 3.31. The summed E-state index contributed by atoms with van der Waals surface area (Å²) in [6.45, 7) is -0.183. The molecule has 2 aromatic carbocycles. The second-order valence-electron chi connectivity index (χ2n) is 6.91. The third-order valence-corrected chi connectivity index (χ3v) is 5.78. The summed E-state index contributed by atoms with van der Waals surface area (Å²) in [7, 11) is -3.83. The van der Waals surface area contributed by atoms with Crippen molar-refractivity contribution in [3.8, 4) is 5.75 Å². The van der Waals surface area contributed by atoms with Crippen LogP contribution in [0.4, 0.5) is 13.6 Å². The smallest absolute Gasteiger partial charge is 0.404 e. The van der Waals surface area contributed by atoms with E-state index in [-0.39, 0.29) is 30.0 Å². The molecule has 30 heavy (non-hydrogen) atoms. The lowest BCUT2D eigenvalue weighted by molar-refractivity contribution is 0.115. The maximum atomic E-state index is 13.4. The molecule has 0 aliphatic carbocycles. The second kappa shape index (κ2) is 8.94. The molecular formula is C19H20F2N2O6S. The average Bonchev–Trinajstić information content (AvgIpc) is 2.63. The van der Waals surface area contributed by atoms with Gasteiger partial charge in [0.2, 0.25) is 0 Å². The van der Waals surface area contributed by atoms with Gasteiger partial charge in [0.05, 0.1) is 18.2 Å². The van der Waals surface area contributed by atoms with Crippen LogP contribution in [0, 0.1) is 11.6 Å². The average molecular weight is 442 g/mol. The molecule has 0 saturated carbocycles. The Morgan fingerprint density at radius 2 is 1.87 bits per heavy atom. The Balaban J connectivity index is 1.73. The number of nitrogens with one attached hydrogen (secondary N) is 2. The highest BCUT2D eigenvalue weighted by Gasteiger charge is 2.32. The minimum Gasteiger partial charge on any atom is -0.465 e. The van der Waals surface area contributed by atoms with Gasteiger partial charge in [0.1, 0.15) is 23.1 Å². The van der Waals surface area contributed by atoms with Crippen molar-refractivity contribution in [2.45, 2.75) is 24.6 Å². The van der Waals surface area contributed by atoms with Crippen LogP contribution >= 0.6 is 0 Å². The van der Waals surface area contributed by atoms with Crippen LogP contribution in [0.15, 0.2) is 42.5 Å². The first-order valence-corrected chi connectivity index (χ1v) is 10.6. The van der Waals surface area contributed by atoms with Crippen LogP contribution < -0.4 is 14.8 Å². The van der Waals surface area contributed by atoms with E-state index >= 15 is 0 Å². The summed E-state index contributed by atoms with van der Waals surface area (Å²) in [5.74, 6) is -1.85. The third-order valence-electron chi connectivity index (χ3n) is 4.61. The van der Waals surface area contributed by atoms with Gasteiger partial charge in [-0.1, -0.05) is 18.2 Å². The van der Waals surface area contributed by atoms with Gasteiger partial charge in [-0.2, -0.15) is 8.42 Å². The monoisotopic (exact) mass is 442 g/mol. The van der Waals surface area contributed by atoms with E-state index in [1.807, 2.05) is 0 Å². The number of carboxylic acid groups (broad SMARTS) is 1. The third kappa shape index (κ3) is 5.65. The van der Waals surface area contributed by atoms with E-state index in [2.05, 4.69) is 10.6 Å². The van der Waals surface area contributed by atoms with Crippen LogP contribution in [0.25, 0.3) is 0 Å². The number of aliphatic hydroxyl groups excluding tert-OH is 1. The predicted octanol–water partition coefficient (Wildman–Crippen LogP) is 1.56. The Labute approximate surface area is 171 Å². The number of rotatable bonds is 7. The molecule has 1 unspecified atom stereocenters.